The Kier molecular flexibility index (Phi) is 6.63. The molecule has 0 saturated heterocycles. The molecule has 0 rings (SSSR count). The van der Waals surface area contributed by atoms with E-state index in [1.54, 1.807) is 0 Å². The largest absolute Gasteiger partial charge is 0.480 e. The van der Waals surface area contributed by atoms with Crippen LogP contribution in [-0.2, 0) is 15.6 Å². The number of hydrogen-bond donors (Lipinski definition) is 4. The van der Waals surface area contributed by atoms with Crippen molar-refractivity contribution in [2.75, 3.05) is 25.2 Å². The van der Waals surface area contributed by atoms with Gasteiger partial charge in [0, 0.05) is 29.4 Å². The van der Waals surface area contributed by atoms with Gasteiger partial charge in [-0.25, -0.2) is 9.59 Å². The predicted octanol–water partition coefficient (Wildman–Crippen LogP) is -1.89. The van der Waals surface area contributed by atoms with Gasteiger partial charge in [-0.1, -0.05) is 0 Å². The fraction of sp³-hybridized carbons (Fsp3) is 0.714. The minimum absolute atomic E-state index is 0.187. The molecule has 0 fully saturated rings. The van der Waals surface area contributed by atoms with Crippen LogP contribution in [0.1, 0.15) is 0 Å². The lowest BCUT2D eigenvalue weighted by Gasteiger charge is -2.12. The summed E-state index contributed by atoms with van der Waals surface area (Å²) in [7, 11) is -1.01. The zero-order valence-corrected chi connectivity index (χ0v) is 9.04. The second-order valence-corrected chi connectivity index (χ2v) is 4.31. The third-order valence-electron chi connectivity index (χ3n) is 1.46. The monoisotopic (exact) mass is 238 g/mol. The van der Waals surface area contributed by atoms with Gasteiger partial charge in [-0.3, -0.25) is 4.21 Å². The van der Waals surface area contributed by atoms with E-state index in [0.717, 1.165) is 0 Å². The highest BCUT2D eigenvalue weighted by molar-refractivity contribution is 7.84. The zero-order valence-electron chi connectivity index (χ0n) is 8.23. The third-order valence-corrected chi connectivity index (χ3v) is 2.24. The minimum Gasteiger partial charge on any atom is -0.480 e. The van der Waals surface area contributed by atoms with Gasteiger partial charge in [0.1, 0.15) is 0 Å². The number of carbonyl (C=O) groups excluding carboxylic acids is 1. The zero-order chi connectivity index (χ0) is 11.8. The van der Waals surface area contributed by atoms with Gasteiger partial charge in [0.25, 0.3) is 0 Å². The maximum Gasteiger partial charge on any atom is 0.328 e. The fourth-order valence-corrected chi connectivity index (χ4v) is 1.09. The van der Waals surface area contributed by atoms with Crippen molar-refractivity contribution in [2.24, 2.45) is 0 Å². The van der Waals surface area contributed by atoms with Crippen LogP contribution in [0.5, 0.6) is 0 Å². The van der Waals surface area contributed by atoms with Crippen molar-refractivity contribution in [2.45, 2.75) is 6.04 Å². The highest BCUT2D eigenvalue weighted by atomic mass is 32.2. The summed E-state index contributed by atoms with van der Waals surface area (Å²) in [6, 6.07) is -2.03. The van der Waals surface area contributed by atoms with Gasteiger partial charge < -0.3 is 20.8 Å². The van der Waals surface area contributed by atoms with E-state index in [-0.39, 0.29) is 6.54 Å². The lowest BCUT2D eigenvalue weighted by Crippen LogP contribution is -2.48. The Bertz CT molecular complexity index is 258. The van der Waals surface area contributed by atoms with Crippen molar-refractivity contribution >= 4 is 22.8 Å². The van der Waals surface area contributed by atoms with E-state index in [1.807, 2.05) is 5.32 Å². The standard InChI is InChI=1S/C7H14N2O5S/c1-15(14)3-2-8-7(13)9-5(4-10)6(11)12/h5,10H,2-4H2,1H3,(H,11,12)(H2,8,9,13). The lowest BCUT2D eigenvalue weighted by atomic mass is 10.3. The quantitative estimate of drug-likeness (QED) is 0.432. The van der Waals surface area contributed by atoms with Crippen molar-refractivity contribution in [3.63, 3.8) is 0 Å². The number of aliphatic hydroxyl groups is 1. The molecule has 0 aliphatic carbocycles. The Labute approximate surface area is 89.3 Å². The van der Waals surface area contributed by atoms with Crippen LogP contribution in [0.15, 0.2) is 0 Å². The Morgan fingerprint density at radius 2 is 2.07 bits per heavy atom. The first kappa shape index (κ1) is 13.8. The molecule has 2 unspecified atom stereocenters. The molecule has 0 aromatic carbocycles. The molecule has 4 N–H and O–H groups in total. The molecule has 0 saturated carbocycles. The van der Waals surface area contributed by atoms with Crippen LogP contribution in [-0.4, -0.2) is 57.6 Å². The van der Waals surface area contributed by atoms with Crippen molar-refractivity contribution in [1.29, 1.82) is 0 Å². The van der Waals surface area contributed by atoms with Gasteiger partial charge >= 0.3 is 12.0 Å². The Hall–Kier alpha value is -1.15. The molecule has 0 aliphatic heterocycles. The molecule has 0 spiro atoms. The third kappa shape index (κ3) is 6.86. The number of urea groups is 1. The van der Waals surface area contributed by atoms with E-state index in [9.17, 15) is 13.8 Å². The molecule has 0 aliphatic rings. The number of carboxylic acid groups (broad SMARTS) is 1. The molecule has 8 heteroatoms. The van der Waals surface area contributed by atoms with Gasteiger partial charge in [0.15, 0.2) is 6.04 Å². The molecule has 0 aromatic heterocycles. The Morgan fingerprint density at radius 1 is 1.47 bits per heavy atom. The number of rotatable bonds is 6. The minimum atomic E-state index is -1.32. The molecular weight excluding hydrogens is 224 g/mol. The number of carboxylic acids is 1. The van der Waals surface area contributed by atoms with Gasteiger partial charge in [0.05, 0.1) is 6.61 Å². The molecular formula is C7H14N2O5S. The Morgan fingerprint density at radius 3 is 2.47 bits per heavy atom. The summed E-state index contributed by atoms with van der Waals surface area (Å²) in [4.78, 5) is 21.4. The topological polar surface area (TPSA) is 116 Å². The molecule has 2 amide bonds. The second-order valence-electron chi connectivity index (χ2n) is 2.75. The molecule has 15 heavy (non-hydrogen) atoms. The number of aliphatic carboxylic acids is 1. The van der Waals surface area contributed by atoms with Crippen molar-refractivity contribution < 1.29 is 24.0 Å². The first-order valence-corrected chi connectivity index (χ1v) is 5.88. The summed E-state index contributed by atoms with van der Waals surface area (Å²) in [5.74, 6) is -1.02. The molecule has 88 valence electrons. The van der Waals surface area contributed by atoms with Crippen molar-refractivity contribution in [3.8, 4) is 0 Å². The predicted molar refractivity (Wildman–Crippen MR) is 54.0 cm³/mol. The maximum atomic E-state index is 11.0. The summed E-state index contributed by atoms with van der Waals surface area (Å²) in [5.41, 5.74) is 0. The SMILES string of the molecule is CS(=O)CCNC(=O)NC(CO)C(=O)O. The summed E-state index contributed by atoms with van der Waals surface area (Å²) < 4.78 is 10.6. The van der Waals surface area contributed by atoms with E-state index in [4.69, 9.17) is 10.2 Å². The van der Waals surface area contributed by atoms with Gasteiger partial charge in [-0.15, -0.1) is 0 Å². The highest BCUT2D eigenvalue weighted by Gasteiger charge is 2.17. The number of nitrogens with one attached hydrogen (secondary N) is 2. The summed E-state index contributed by atoms with van der Waals surface area (Å²) in [5, 5.41) is 21.4. The number of aliphatic hydroxyl groups excluding tert-OH is 1. The normalized spacial score (nSPS) is 14.0. The number of carbonyl (C=O) groups is 2. The van der Waals surface area contributed by atoms with Crippen LogP contribution in [0, 0.1) is 0 Å². The van der Waals surface area contributed by atoms with E-state index in [1.165, 1.54) is 6.26 Å². The molecule has 0 aromatic rings. The van der Waals surface area contributed by atoms with Gasteiger partial charge in [-0.2, -0.15) is 0 Å². The number of amides is 2. The number of hydrogen-bond acceptors (Lipinski definition) is 4. The van der Waals surface area contributed by atoms with Crippen LogP contribution in [0.4, 0.5) is 4.79 Å². The van der Waals surface area contributed by atoms with Crippen molar-refractivity contribution in [3.05, 3.63) is 0 Å². The maximum absolute atomic E-state index is 11.0. The smallest absolute Gasteiger partial charge is 0.328 e. The average molecular weight is 238 g/mol. The molecule has 0 radical (unpaired) electrons. The van der Waals surface area contributed by atoms with Crippen LogP contribution < -0.4 is 10.6 Å². The average Bonchev–Trinajstić information content (AvgIpc) is 2.13. The molecule has 0 heterocycles. The first-order chi connectivity index (χ1) is 6.97. The lowest BCUT2D eigenvalue weighted by molar-refractivity contribution is -0.140. The van der Waals surface area contributed by atoms with Crippen LogP contribution in [0.25, 0.3) is 0 Å². The van der Waals surface area contributed by atoms with Crippen molar-refractivity contribution in [1.82, 2.24) is 10.6 Å². The first-order valence-electron chi connectivity index (χ1n) is 4.15. The fourth-order valence-electron chi connectivity index (χ4n) is 0.703. The van der Waals surface area contributed by atoms with Crippen LogP contribution in [0.3, 0.4) is 0 Å². The molecule has 2 atom stereocenters. The van der Waals surface area contributed by atoms with Crippen LogP contribution in [0.2, 0.25) is 0 Å². The van der Waals surface area contributed by atoms with Gasteiger partial charge in [0.2, 0.25) is 0 Å². The summed E-state index contributed by atoms with van der Waals surface area (Å²) in [6.07, 6.45) is 1.49. The van der Waals surface area contributed by atoms with E-state index >= 15 is 0 Å². The highest BCUT2D eigenvalue weighted by Crippen LogP contribution is 1.82. The summed E-state index contributed by atoms with van der Waals surface area (Å²) in [6.45, 7) is -0.491. The van der Waals surface area contributed by atoms with E-state index < -0.39 is 35.4 Å². The molecule has 0 bridgehead atoms. The molecule has 7 nitrogen and oxygen atoms in total. The second kappa shape index (κ2) is 7.18. The Balaban J connectivity index is 3.81. The van der Waals surface area contributed by atoms with E-state index in [2.05, 4.69) is 5.32 Å². The van der Waals surface area contributed by atoms with E-state index in [0.29, 0.717) is 5.75 Å². The summed E-state index contributed by atoms with van der Waals surface area (Å²) >= 11 is 0. The van der Waals surface area contributed by atoms with Gasteiger partial charge in [-0.05, 0) is 0 Å². The van der Waals surface area contributed by atoms with Crippen LogP contribution >= 0.6 is 0 Å².